The Kier molecular flexibility index (Phi) is 11.1. The Morgan fingerprint density at radius 2 is 1.61 bits per heavy atom. The van der Waals surface area contributed by atoms with Crippen LogP contribution in [0, 0.1) is 17.6 Å². The van der Waals surface area contributed by atoms with Gasteiger partial charge >= 0.3 is 10.2 Å². The number of pyridine rings is 1. The highest BCUT2D eigenvalue weighted by Crippen LogP contribution is 2.35. The molecule has 3 amide bonds. The van der Waals surface area contributed by atoms with Crippen LogP contribution in [0.15, 0.2) is 73.1 Å². The van der Waals surface area contributed by atoms with Crippen LogP contribution in [0.2, 0.25) is 0 Å². The predicted octanol–water partition coefficient (Wildman–Crippen LogP) is 5.24. The monoisotopic (exact) mass is 923 g/mol. The van der Waals surface area contributed by atoms with Crippen molar-refractivity contribution in [3.05, 3.63) is 107 Å². The zero-order valence-electron chi connectivity index (χ0n) is 36.3. The second kappa shape index (κ2) is 16.8. The molecule has 5 aromatic rings. The third kappa shape index (κ3) is 7.95. The number of piperidine rings is 1. The van der Waals surface area contributed by atoms with Gasteiger partial charge in [0, 0.05) is 123 Å². The fourth-order valence-corrected chi connectivity index (χ4v) is 11.4. The molecule has 0 bridgehead atoms. The molecule has 15 nitrogen and oxygen atoms in total. The number of anilines is 3. The van der Waals surface area contributed by atoms with Crippen molar-refractivity contribution >= 4 is 61.8 Å². The first kappa shape index (κ1) is 43.6. The lowest BCUT2D eigenvalue weighted by molar-refractivity contribution is -0.136. The van der Waals surface area contributed by atoms with Gasteiger partial charge in [-0.3, -0.25) is 34.1 Å². The first-order valence-electron chi connectivity index (χ1n) is 22.2. The maximum atomic E-state index is 15.8. The summed E-state index contributed by atoms with van der Waals surface area (Å²) in [5, 5.41) is 2.68. The Bertz CT molecular complexity index is 2900. The van der Waals surface area contributed by atoms with Crippen molar-refractivity contribution in [2.24, 2.45) is 5.92 Å². The summed E-state index contributed by atoms with van der Waals surface area (Å²) in [5.41, 5.74) is 3.81. The highest BCUT2D eigenvalue weighted by molar-refractivity contribution is 7.90. The van der Waals surface area contributed by atoms with Gasteiger partial charge in [-0.15, -0.1) is 0 Å². The molecule has 19 heteroatoms. The maximum absolute atomic E-state index is 15.8. The van der Waals surface area contributed by atoms with E-state index in [2.05, 4.69) is 49.9 Å². The number of aromatic amines is 1. The molecule has 10 rings (SSSR count). The standard InChI is InChI=1S/C47H48F3N9O6S/c1-26-19-55(20-27(2)58(26)23-28-21-56(22-28)34-7-8-35-31(15-34)24-59(47(35)63)40-11-12-41(60)53-46(40)62)33-5-3-29(4-6-33)30-16-36-37(18-52-45(36)51-17-30)44(61)42-38(49)9-10-39(43(42)50)54-66(64,65)57-14-13-32(48)25-57/h3-10,15-18,26-28,32,40,54H,11-14,19-25H2,1-2H3,(H,51,52)(H,53,60,62)/t26-,27+,32-,40?/m1/s1. The van der Waals surface area contributed by atoms with Crippen LogP contribution in [0.3, 0.4) is 0 Å². The molecule has 5 aliphatic rings. The molecule has 0 radical (unpaired) electrons. The Hall–Kier alpha value is -6.31. The minimum Gasteiger partial charge on any atom is -0.371 e. The summed E-state index contributed by atoms with van der Waals surface area (Å²) < 4.78 is 73.2. The fraction of sp³-hybridized carbons (Fsp3) is 0.383. The highest BCUT2D eigenvalue weighted by atomic mass is 32.2. The lowest BCUT2D eigenvalue weighted by atomic mass is 9.95. The summed E-state index contributed by atoms with van der Waals surface area (Å²) in [6.07, 6.45) is 2.16. The minimum absolute atomic E-state index is 0.000758. The zero-order chi connectivity index (χ0) is 46.2. The van der Waals surface area contributed by atoms with Crippen LogP contribution in [-0.2, 0) is 26.3 Å². The molecule has 3 N–H and O–H groups in total. The second-order valence-corrected chi connectivity index (χ2v) is 19.8. The van der Waals surface area contributed by atoms with E-state index < -0.39 is 57.0 Å². The number of carbonyl (C=O) groups is 4. The molecule has 5 aliphatic heterocycles. The molecule has 0 spiro atoms. The molecule has 344 valence electrons. The number of amides is 3. The number of nitrogens with zero attached hydrogens (tertiary/aromatic N) is 6. The molecule has 1 unspecified atom stereocenters. The number of rotatable bonds is 11. The van der Waals surface area contributed by atoms with E-state index in [9.17, 15) is 32.0 Å². The van der Waals surface area contributed by atoms with Gasteiger partial charge in [-0.25, -0.2) is 18.2 Å². The fourth-order valence-electron chi connectivity index (χ4n) is 10.2. The van der Waals surface area contributed by atoms with Crippen LogP contribution in [0.4, 0.5) is 30.2 Å². The number of hydrogen-bond acceptors (Lipinski definition) is 10. The summed E-state index contributed by atoms with van der Waals surface area (Å²) in [6, 6.07) is 17.3. The summed E-state index contributed by atoms with van der Waals surface area (Å²) in [7, 11) is -4.36. The van der Waals surface area contributed by atoms with Crippen LogP contribution in [-0.4, -0.2) is 126 Å². The van der Waals surface area contributed by atoms with E-state index in [0.29, 0.717) is 41.0 Å². The average Bonchev–Trinajstić information content (AvgIpc) is 4.00. The van der Waals surface area contributed by atoms with Gasteiger partial charge in [-0.05, 0) is 86.3 Å². The van der Waals surface area contributed by atoms with Crippen molar-refractivity contribution in [3.8, 4) is 11.1 Å². The number of benzene rings is 3. The molecule has 0 aliphatic carbocycles. The third-order valence-electron chi connectivity index (χ3n) is 13.7. The lowest BCUT2D eigenvalue weighted by Gasteiger charge is -2.50. The predicted molar refractivity (Wildman–Crippen MR) is 241 cm³/mol. The van der Waals surface area contributed by atoms with Gasteiger partial charge in [0.15, 0.2) is 5.82 Å². The summed E-state index contributed by atoms with van der Waals surface area (Å²) in [4.78, 5) is 67.3. The normalized spacial score (nSPS) is 23.1. The number of halogens is 3. The first-order valence-corrected chi connectivity index (χ1v) is 23.6. The molecular weight excluding hydrogens is 876 g/mol. The number of ketones is 1. The number of nitrogens with one attached hydrogen (secondary N) is 3. The number of H-pyrrole nitrogens is 1. The molecule has 2 aromatic heterocycles. The van der Waals surface area contributed by atoms with Gasteiger partial charge in [-0.1, -0.05) is 12.1 Å². The SMILES string of the molecule is C[C@@H]1CN(c2ccc(-c3cnc4[nH]cc(C(=O)c5c(F)ccc(NS(=O)(=O)N6CC[C@@H](F)C6)c5F)c4c3)cc2)C[C@H](C)N1CC1CN(c2ccc3c(c2)CN(C2CCC(=O)NC2=O)C3=O)C1. The molecule has 4 fully saturated rings. The van der Waals surface area contributed by atoms with Crippen molar-refractivity contribution in [2.75, 3.05) is 60.3 Å². The van der Waals surface area contributed by atoms with Crippen LogP contribution < -0.4 is 19.8 Å². The Labute approximate surface area is 379 Å². The van der Waals surface area contributed by atoms with Crippen LogP contribution in [0.1, 0.15) is 65.0 Å². The Morgan fingerprint density at radius 1 is 0.879 bits per heavy atom. The summed E-state index contributed by atoms with van der Waals surface area (Å²) >= 11 is 0. The first-order chi connectivity index (χ1) is 31.6. The quantitative estimate of drug-likeness (QED) is 0.118. The molecule has 0 saturated carbocycles. The smallest absolute Gasteiger partial charge is 0.301 e. The van der Waals surface area contributed by atoms with Gasteiger partial charge in [0.2, 0.25) is 17.6 Å². The summed E-state index contributed by atoms with van der Waals surface area (Å²) in [6.45, 7) is 8.78. The molecule has 66 heavy (non-hydrogen) atoms. The van der Waals surface area contributed by atoms with E-state index in [-0.39, 0.29) is 55.4 Å². The van der Waals surface area contributed by atoms with Crippen molar-refractivity contribution < 1.29 is 40.8 Å². The van der Waals surface area contributed by atoms with E-state index in [1.165, 1.54) is 6.20 Å². The average molecular weight is 924 g/mol. The van der Waals surface area contributed by atoms with Crippen LogP contribution in [0.5, 0.6) is 0 Å². The van der Waals surface area contributed by atoms with Gasteiger partial charge in [0.25, 0.3) is 5.91 Å². The molecule has 7 heterocycles. The summed E-state index contributed by atoms with van der Waals surface area (Å²) in [5.74, 6) is -3.98. The zero-order valence-corrected chi connectivity index (χ0v) is 37.1. The van der Waals surface area contributed by atoms with Gasteiger partial charge in [0.1, 0.15) is 23.7 Å². The molecular formula is C47H48F3N9O6S. The highest BCUT2D eigenvalue weighted by Gasteiger charge is 2.41. The number of carbonyl (C=O) groups excluding carboxylic acids is 4. The number of hydrogen-bond donors (Lipinski definition) is 3. The Morgan fingerprint density at radius 3 is 2.32 bits per heavy atom. The van der Waals surface area contributed by atoms with E-state index in [4.69, 9.17) is 0 Å². The van der Waals surface area contributed by atoms with E-state index in [1.807, 2.05) is 41.1 Å². The van der Waals surface area contributed by atoms with Crippen LogP contribution >= 0.6 is 0 Å². The largest absolute Gasteiger partial charge is 0.371 e. The van der Waals surface area contributed by atoms with Crippen molar-refractivity contribution in [1.82, 2.24) is 29.4 Å². The molecule has 4 saturated heterocycles. The minimum atomic E-state index is -4.36. The van der Waals surface area contributed by atoms with Crippen molar-refractivity contribution in [2.45, 2.75) is 64.0 Å². The number of aromatic nitrogens is 2. The van der Waals surface area contributed by atoms with E-state index >= 15 is 8.78 Å². The van der Waals surface area contributed by atoms with Gasteiger partial charge in [-0.2, -0.15) is 12.7 Å². The van der Waals surface area contributed by atoms with Crippen LogP contribution in [0.25, 0.3) is 22.2 Å². The number of fused-ring (bicyclic) bond motifs is 2. The topological polar surface area (TPSA) is 171 Å². The second-order valence-electron chi connectivity index (χ2n) is 18.1. The van der Waals surface area contributed by atoms with Crippen molar-refractivity contribution in [1.29, 1.82) is 0 Å². The maximum Gasteiger partial charge on any atom is 0.301 e. The molecule has 4 atom stereocenters. The Balaban J connectivity index is 0.763. The van der Waals surface area contributed by atoms with E-state index in [1.54, 1.807) is 17.2 Å². The number of alkyl halides is 1. The number of imide groups is 1. The van der Waals surface area contributed by atoms with Crippen molar-refractivity contribution in [3.63, 3.8) is 0 Å². The third-order valence-corrected chi connectivity index (χ3v) is 15.2. The van der Waals surface area contributed by atoms with Gasteiger partial charge in [0.05, 0.1) is 11.3 Å². The number of piperazine rings is 1. The van der Waals surface area contributed by atoms with E-state index in [0.717, 1.165) is 71.7 Å². The lowest BCUT2D eigenvalue weighted by Crippen LogP contribution is -2.61. The van der Waals surface area contributed by atoms with Gasteiger partial charge < -0.3 is 19.7 Å². The molecule has 3 aromatic carbocycles.